The Kier molecular flexibility index (Phi) is 2.46. The van der Waals surface area contributed by atoms with Gasteiger partial charge in [-0.2, -0.15) is 0 Å². The second kappa shape index (κ2) is 3.17. The van der Waals surface area contributed by atoms with Crippen molar-refractivity contribution in [2.45, 2.75) is 25.6 Å². The topological polar surface area (TPSA) is 29.5 Å². The number of aliphatic hydroxyl groups excluding tert-OH is 1. The maximum absolute atomic E-state index is 9.34. The van der Waals surface area contributed by atoms with E-state index in [1.807, 2.05) is 0 Å². The molecule has 0 aromatic heterocycles. The van der Waals surface area contributed by atoms with Crippen LogP contribution in [0.4, 0.5) is 0 Å². The fourth-order valence-corrected chi connectivity index (χ4v) is 1.23. The van der Waals surface area contributed by atoms with Crippen molar-refractivity contribution in [2.24, 2.45) is 5.92 Å². The normalized spacial score (nSPS) is 41.2. The summed E-state index contributed by atoms with van der Waals surface area (Å²) in [4.78, 5) is 0. The summed E-state index contributed by atoms with van der Waals surface area (Å²) in [7, 11) is 0. The molecular formula is C8H14O2. The number of hydrogen-bond acceptors (Lipinski definition) is 2. The van der Waals surface area contributed by atoms with Gasteiger partial charge in [0, 0.05) is 0 Å². The van der Waals surface area contributed by atoms with Gasteiger partial charge in [0.1, 0.15) is 6.10 Å². The first kappa shape index (κ1) is 7.76. The lowest BCUT2D eigenvalue weighted by Crippen LogP contribution is -2.36. The molecule has 0 aromatic carbocycles. The third kappa shape index (κ3) is 1.58. The third-order valence-electron chi connectivity index (χ3n) is 1.83. The minimum absolute atomic E-state index is 0.142. The molecule has 0 radical (unpaired) electrons. The van der Waals surface area contributed by atoms with Gasteiger partial charge in [0.05, 0.1) is 12.7 Å². The summed E-state index contributed by atoms with van der Waals surface area (Å²) in [5, 5.41) is 9.34. The van der Waals surface area contributed by atoms with E-state index in [-0.39, 0.29) is 12.2 Å². The Balaban J connectivity index is 2.43. The summed E-state index contributed by atoms with van der Waals surface area (Å²) in [6, 6.07) is 0. The molecule has 1 rings (SSSR count). The van der Waals surface area contributed by atoms with Crippen LogP contribution in [0.5, 0.6) is 0 Å². The second-order valence-electron chi connectivity index (χ2n) is 2.94. The molecule has 0 spiro atoms. The Hall–Kier alpha value is -0.340. The van der Waals surface area contributed by atoms with Crippen LogP contribution in [0.15, 0.2) is 12.7 Å². The van der Waals surface area contributed by atoms with Crippen molar-refractivity contribution in [3.8, 4) is 0 Å². The highest BCUT2D eigenvalue weighted by atomic mass is 16.5. The third-order valence-corrected chi connectivity index (χ3v) is 1.83. The SMILES string of the molecule is C=C[C@@H]1OCC(C)CC1O. The van der Waals surface area contributed by atoms with E-state index >= 15 is 0 Å². The van der Waals surface area contributed by atoms with E-state index in [1.54, 1.807) is 6.08 Å². The van der Waals surface area contributed by atoms with Gasteiger partial charge in [0.15, 0.2) is 0 Å². The molecule has 58 valence electrons. The zero-order valence-corrected chi connectivity index (χ0v) is 6.29. The van der Waals surface area contributed by atoms with Gasteiger partial charge in [0.2, 0.25) is 0 Å². The summed E-state index contributed by atoms with van der Waals surface area (Å²) < 4.78 is 5.28. The van der Waals surface area contributed by atoms with Crippen LogP contribution in [0, 0.1) is 5.92 Å². The molecule has 0 aromatic rings. The van der Waals surface area contributed by atoms with E-state index < -0.39 is 0 Å². The second-order valence-corrected chi connectivity index (χ2v) is 2.94. The molecule has 0 saturated carbocycles. The Morgan fingerprint density at radius 2 is 2.40 bits per heavy atom. The van der Waals surface area contributed by atoms with Gasteiger partial charge < -0.3 is 9.84 Å². The summed E-state index contributed by atoms with van der Waals surface area (Å²) in [6.45, 7) is 6.39. The number of hydrogen-bond donors (Lipinski definition) is 1. The van der Waals surface area contributed by atoms with Gasteiger partial charge in [-0.1, -0.05) is 13.0 Å². The number of rotatable bonds is 1. The minimum Gasteiger partial charge on any atom is -0.390 e. The molecule has 10 heavy (non-hydrogen) atoms. The molecule has 0 aliphatic carbocycles. The van der Waals surface area contributed by atoms with E-state index in [4.69, 9.17) is 4.74 Å². The van der Waals surface area contributed by atoms with Crippen molar-refractivity contribution < 1.29 is 9.84 Å². The zero-order valence-electron chi connectivity index (χ0n) is 6.29. The molecular weight excluding hydrogens is 128 g/mol. The minimum atomic E-state index is -0.346. The lowest BCUT2D eigenvalue weighted by Gasteiger charge is -2.29. The van der Waals surface area contributed by atoms with Gasteiger partial charge in [-0.15, -0.1) is 6.58 Å². The van der Waals surface area contributed by atoms with Crippen LogP contribution in [-0.2, 0) is 4.74 Å². The van der Waals surface area contributed by atoms with Crippen molar-refractivity contribution in [3.05, 3.63) is 12.7 Å². The van der Waals surface area contributed by atoms with Crippen LogP contribution in [0.3, 0.4) is 0 Å². The summed E-state index contributed by atoms with van der Waals surface area (Å²) in [5.74, 6) is 0.478. The van der Waals surface area contributed by atoms with Gasteiger partial charge in [-0.25, -0.2) is 0 Å². The summed E-state index contributed by atoms with van der Waals surface area (Å²) in [5.41, 5.74) is 0. The maximum atomic E-state index is 9.34. The predicted octanol–water partition coefficient (Wildman–Crippen LogP) is 0.958. The van der Waals surface area contributed by atoms with E-state index in [0.29, 0.717) is 5.92 Å². The standard InChI is InChI=1S/C8H14O2/c1-3-8-7(9)4-6(2)5-10-8/h3,6-9H,1,4-5H2,2H3/t6?,7?,8-/m0/s1. The first-order valence-electron chi connectivity index (χ1n) is 3.66. The molecule has 2 heteroatoms. The molecule has 0 bridgehead atoms. The summed E-state index contributed by atoms with van der Waals surface area (Å²) >= 11 is 0. The van der Waals surface area contributed by atoms with Crippen molar-refractivity contribution in [3.63, 3.8) is 0 Å². The highest BCUT2D eigenvalue weighted by Gasteiger charge is 2.24. The molecule has 1 heterocycles. The fourth-order valence-electron chi connectivity index (χ4n) is 1.23. The van der Waals surface area contributed by atoms with Crippen molar-refractivity contribution in [1.29, 1.82) is 0 Å². The fraction of sp³-hybridized carbons (Fsp3) is 0.750. The molecule has 1 aliphatic rings. The highest BCUT2D eigenvalue weighted by molar-refractivity contribution is 4.89. The molecule has 0 amide bonds. The average molecular weight is 142 g/mol. The van der Waals surface area contributed by atoms with Gasteiger partial charge in [-0.05, 0) is 12.3 Å². The van der Waals surface area contributed by atoms with Crippen LogP contribution in [0.2, 0.25) is 0 Å². The zero-order chi connectivity index (χ0) is 7.56. The van der Waals surface area contributed by atoms with Crippen molar-refractivity contribution in [1.82, 2.24) is 0 Å². The quantitative estimate of drug-likeness (QED) is 0.552. The number of ether oxygens (including phenoxy) is 1. The van der Waals surface area contributed by atoms with Crippen molar-refractivity contribution >= 4 is 0 Å². The van der Waals surface area contributed by atoms with Gasteiger partial charge in [0.25, 0.3) is 0 Å². The molecule has 1 saturated heterocycles. The maximum Gasteiger partial charge on any atom is 0.101 e. The lowest BCUT2D eigenvalue weighted by atomic mass is 9.98. The van der Waals surface area contributed by atoms with Crippen LogP contribution in [0.25, 0.3) is 0 Å². The smallest absolute Gasteiger partial charge is 0.101 e. The van der Waals surface area contributed by atoms with Crippen LogP contribution in [0.1, 0.15) is 13.3 Å². The Morgan fingerprint density at radius 3 is 2.90 bits per heavy atom. The first-order chi connectivity index (χ1) is 4.74. The van der Waals surface area contributed by atoms with E-state index in [1.165, 1.54) is 0 Å². The summed E-state index contributed by atoms with van der Waals surface area (Å²) in [6.07, 6.45) is 2.00. The molecule has 2 nitrogen and oxygen atoms in total. The molecule has 1 fully saturated rings. The Labute approximate surface area is 61.5 Å². The Bertz CT molecular complexity index is 122. The highest BCUT2D eigenvalue weighted by Crippen LogP contribution is 2.19. The molecule has 1 aliphatic heterocycles. The predicted molar refractivity (Wildman–Crippen MR) is 39.7 cm³/mol. The molecule has 2 unspecified atom stereocenters. The Morgan fingerprint density at radius 1 is 1.70 bits per heavy atom. The lowest BCUT2D eigenvalue weighted by molar-refractivity contribution is -0.0710. The monoisotopic (exact) mass is 142 g/mol. The van der Waals surface area contributed by atoms with Crippen LogP contribution >= 0.6 is 0 Å². The van der Waals surface area contributed by atoms with Crippen LogP contribution < -0.4 is 0 Å². The van der Waals surface area contributed by atoms with E-state index in [0.717, 1.165) is 13.0 Å². The van der Waals surface area contributed by atoms with E-state index in [2.05, 4.69) is 13.5 Å². The van der Waals surface area contributed by atoms with E-state index in [9.17, 15) is 5.11 Å². The molecule has 1 N–H and O–H groups in total. The number of aliphatic hydroxyl groups is 1. The van der Waals surface area contributed by atoms with Gasteiger partial charge in [-0.3, -0.25) is 0 Å². The molecule has 3 atom stereocenters. The largest absolute Gasteiger partial charge is 0.390 e. The van der Waals surface area contributed by atoms with Crippen molar-refractivity contribution in [2.75, 3.05) is 6.61 Å². The van der Waals surface area contributed by atoms with Gasteiger partial charge >= 0.3 is 0 Å². The first-order valence-corrected chi connectivity index (χ1v) is 3.66. The van der Waals surface area contributed by atoms with Crippen LogP contribution in [-0.4, -0.2) is 23.9 Å². The average Bonchev–Trinajstić information content (AvgIpc) is 1.88.